The zero-order chi connectivity index (χ0) is 21.6. The van der Waals surface area contributed by atoms with Crippen LogP contribution in [0.5, 0.6) is 5.75 Å². The summed E-state index contributed by atoms with van der Waals surface area (Å²) in [7, 11) is -3.37. The number of benzene rings is 1. The summed E-state index contributed by atoms with van der Waals surface area (Å²) in [5.74, 6) is 0.854. The third-order valence-electron chi connectivity index (χ3n) is 5.93. The first-order valence-corrected chi connectivity index (χ1v) is 13.0. The van der Waals surface area contributed by atoms with Crippen LogP contribution in [0, 0.1) is 0 Å². The van der Waals surface area contributed by atoms with Gasteiger partial charge in [0.05, 0.1) is 18.4 Å². The van der Waals surface area contributed by atoms with Gasteiger partial charge in [0.2, 0.25) is 10.0 Å². The summed E-state index contributed by atoms with van der Waals surface area (Å²) in [5, 5.41) is 2.87. The van der Waals surface area contributed by atoms with Crippen LogP contribution in [0.25, 0.3) is 0 Å². The molecule has 2 unspecified atom stereocenters. The summed E-state index contributed by atoms with van der Waals surface area (Å²) < 4.78 is 32.8. The standard InChI is InChI=1S/C22H35N3O4S/c1-3-23-22(26)25-14-8-13-20(24-30(2,27)28)21(25)16-17-9-7-12-19(15-17)29-18-10-5-4-6-11-18/h7,9,12,15,18,20-21,24H,3-6,8,10-11,13-14,16H2,1-2H3,(H,23,26). The Morgan fingerprint density at radius 2 is 1.93 bits per heavy atom. The Morgan fingerprint density at radius 3 is 2.63 bits per heavy atom. The molecule has 1 aliphatic heterocycles. The zero-order valence-corrected chi connectivity index (χ0v) is 18.9. The molecule has 1 aliphatic carbocycles. The van der Waals surface area contributed by atoms with Gasteiger partial charge in [-0.3, -0.25) is 0 Å². The van der Waals surface area contributed by atoms with Crippen LogP contribution >= 0.6 is 0 Å². The molecule has 168 valence electrons. The second-order valence-electron chi connectivity index (χ2n) is 8.46. The lowest BCUT2D eigenvalue weighted by Gasteiger charge is -2.41. The smallest absolute Gasteiger partial charge is 0.317 e. The van der Waals surface area contributed by atoms with E-state index in [-0.39, 0.29) is 24.2 Å². The Hall–Kier alpha value is -1.80. The number of sulfonamides is 1. The van der Waals surface area contributed by atoms with Crippen molar-refractivity contribution in [1.29, 1.82) is 0 Å². The van der Waals surface area contributed by atoms with Crippen molar-refractivity contribution >= 4 is 16.1 Å². The quantitative estimate of drug-likeness (QED) is 0.686. The Bertz CT molecular complexity index is 808. The third kappa shape index (κ3) is 6.60. The molecule has 8 heteroatoms. The van der Waals surface area contributed by atoms with Crippen molar-refractivity contribution < 1.29 is 17.9 Å². The molecule has 1 saturated heterocycles. The second-order valence-corrected chi connectivity index (χ2v) is 10.2. The molecule has 1 heterocycles. The molecule has 2 amide bonds. The van der Waals surface area contributed by atoms with Crippen LogP contribution in [-0.4, -0.2) is 56.9 Å². The highest BCUT2D eigenvalue weighted by Gasteiger charge is 2.35. The van der Waals surface area contributed by atoms with E-state index in [1.165, 1.54) is 25.5 Å². The van der Waals surface area contributed by atoms with Gasteiger partial charge in [0.1, 0.15) is 5.75 Å². The topological polar surface area (TPSA) is 87.7 Å². The molecule has 0 aromatic heterocycles. The monoisotopic (exact) mass is 437 g/mol. The SMILES string of the molecule is CCNC(=O)N1CCCC(NS(C)(=O)=O)C1Cc1cccc(OC2CCCCC2)c1. The molecule has 0 spiro atoms. The first-order valence-electron chi connectivity index (χ1n) is 11.1. The number of carbonyl (C=O) groups is 1. The number of ether oxygens (including phenoxy) is 1. The van der Waals surface area contributed by atoms with E-state index in [0.717, 1.165) is 30.6 Å². The Labute approximate surface area is 180 Å². The summed E-state index contributed by atoms with van der Waals surface area (Å²) in [5.41, 5.74) is 1.05. The van der Waals surface area contributed by atoms with Crippen molar-refractivity contribution in [3.05, 3.63) is 29.8 Å². The average molecular weight is 438 g/mol. The molecular formula is C22H35N3O4S. The van der Waals surface area contributed by atoms with E-state index in [1.807, 2.05) is 31.2 Å². The zero-order valence-electron chi connectivity index (χ0n) is 18.1. The molecule has 2 atom stereocenters. The maximum absolute atomic E-state index is 12.7. The first kappa shape index (κ1) is 22.9. The van der Waals surface area contributed by atoms with Crippen LogP contribution in [0.2, 0.25) is 0 Å². The number of carbonyl (C=O) groups excluding carboxylic acids is 1. The van der Waals surface area contributed by atoms with Crippen molar-refractivity contribution in [1.82, 2.24) is 14.9 Å². The van der Waals surface area contributed by atoms with Gasteiger partial charge in [-0.25, -0.2) is 17.9 Å². The highest BCUT2D eigenvalue weighted by atomic mass is 32.2. The van der Waals surface area contributed by atoms with Gasteiger partial charge < -0.3 is 15.0 Å². The predicted molar refractivity (Wildman–Crippen MR) is 118 cm³/mol. The number of rotatable bonds is 7. The molecule has 0 bridgehead atoms. The fraction of sp³-hybridized carbons (Fsp3) is 0.682. The van der Waals surface area contributed by atoms with Gasteiger partial charge in [0.25, 0.3) is 0 Å². The van der Waals surface area contributed by atoms with Crippen molar-refractivity contribution in [3.8, 4) is 5.75 Å². The van der Waals surface area contributed by atoms with Crippen LogP contribution in [-0.2, 0) is 16.4 Å². The maximum Gasteiger partial charge on any atom is 0.317 e. The average Bonchev–Trinajstić information content (AvgIpc) is 2.69. The molecule has 2 aliphatic rings. The molecular weight excluding hydrogens is 402 g/mol. The molecule has 30 heavy (non-hydrogen) atoms. The van der Waals surface area contributed by atoms with Crippen molar-refractivity contribution in [3.63, 3.8) is 0 Å². The van der Waals surface area contributed by atoms with Crippen molar-refractivity contribution in [2.45, 2.75) is 76.5 Å². The normalized spacial score (nSPS) is 23.2. The summed E-state index contributed by atoms with van der Waals surface area (Å²) in [6, 6.07) is 7.33. The Balaban J connectivity index is 1.77. The summed E-state index contributed by atoms with van der Waals surface area (Å²) in [4.78, 5) is 14.4. The number of nitrogens with zero attached hydrogens (tertiary/aromatic N) is 1. The number of piperidine rings is 1. The minimum Gasteiger partial charge on any atom is -0.490 e. The van der Waals surface area contributed by atoms with E-state index in [0.29, 0.717) is 25.9 Å². The fourth-order valence-electron chi connectivity index (χ4n) is 4.59. The molecule has 2 fully saturated rings. The molecule has 7 nitrogen and oxygen atoms in total. The highest BCUT2D eigenvalue weighted by molar-refractivity contribution is 7.88. The number of amides is 2. The number of hydrogen-bond donors (Lipinski definition) is 2. The van der Waals surface area contributed by atoms with Gasteiger partial charge in [-0.2, -0.15) is 0 Å². The van der Waals surface area contributed by atoms with Crippen LogP contribution in [0.4, 0.5) is 4.79 Å². The maximum atomic E-state index is 12.7. The minimum atomic E-state index is -3.37. The highest BCUT2D eigenvalue weighted by Crippen LogP contribution is 2.26. The molecule has 1 aromatic rings. The molecule has 3 rings (SSSR count). The molecule has 2 N–H and O–H groups in total. The Morgan fingerprint density at radius 1 is 1.17 bits per heavy atom. The lowest BCUT2D eigenvalue weighted by Crippen LogP contribution is -2.59. The summed E-state index contributed by atoms with van der Waals surface area (Å²) in [6.07, 6.45) is 9.41. The number of likely N-dealkylation sites (tertiary alicyclic amines) is 1. The minimum absolute atomic E-state index is 0.142. The van der Waals surface area contributed by atoms with E-state index in [9.17, 15) is 13.2 Å². The van der Waals surface area contributed by atoms with Crippen LogP contribution in [0.1, 0.15) is 57.4 Å². The van der Waals surface area contributed by atoms with E-state index in [4.69, 9.17) is 4.74 Å². The van der Waals surface area contributed by atoms with Gasteiger partial charge in [0, 0.05) is 19.1 Å². The predicted octanol–water partition coefficient (Wildman–Crippen LogP) is 3.05. The summed E-state index contributed by atoms with van der Waals surface area (Å²) >= 11 is 0. The van der Waals surface area contributed by atoms with Crippen LogP contribution in [0.15, 0.2) is 24.3 Å². The van der Waals surface area contributed by atoms with E-state index in [2.05, 4.69) is 10.0 Å². The van der Waals surface area contributed by atoms with Crippen LogP contribution in [0.3, 0.4) is 0 Å². The van der Waals surface area contributed by atoms with Gasteiger partial charge in [0.15, 0.2) is 0 Å². The lowest BCUT2D eigenvalue weighted by molar-refractivity contribution is 0.133. The molecule has 1 saturated carbocycles. The second kappa shape index (κ2) is 10.5. The molecule has 1 aromatic carbocycles. The Kier molecular flexibility index (Phi) is 7.99. The van der Waals surface area contributed by atoms with Crippen molar-refractivity contribution in [2.24, 2.45) is 0 Å². The number of nitrogens with one attached hydrogen (secondary N) is 2. The summed E-state index contributed by atoms with van der Waals surface area (Å²) in [6.45, 7) is 3.04. The van der Waals surface area contributed by atoms with Gasteiger partial charge in [-0.1, -0.05) is 18.6 Å². The first-order chi connectivity index (χ1) is 14.4. The van der Waals surface area contributed by atoms with Gasteiger partial charge in [-0.15, -0.1) is 0 Å². The number of hydrogen-bond acceptors (Lipinski definition) is 4. The van der Waals surface area contributed by atoms with Crippen molar-refractivity contribution in [2.75, 3.05) is 19.3 Å². The molecule has 0 radical (unpaired) electrons. The van der Waals surface area contributed by atoms with E-state index in [1.54, 1.807) is 4.90 Å². The van der Waals surface area contributed by atoms with Crippen LogP contribution < -0.4 is 14.8 Å². The number of urea groups is 1. The fourth-order valence-corrected chi connectivity index (χ4v) is 5.41. The largest absolute Gasteiger partial charge is 0.490 e. The third-order valence-corrected chi connectivity index (χ3v) is 6.66. The van der Waals surface area contributed by atoms with E-state index < -0.39 is 10.0 Å². The van der Waals surface area contributed by atoms with E-state index >= 15 is 0 Å². The van der Waals surface area contributed by atoms with Gasteiger partial charge >= 0.3 is 6.03 Å². The van der Waals surface area contributed by atoms with Gasteiger partial charge in [-0.05, 0) is 69.6 Å². The lowest BCUT2D eigenvalue weighted by atomic mass is 9.91.